The van der Waals surface area contributed by atoms with Gasteiger partial charge in [0.15, 0.2) is 5.60 Å². The summed E-state index contributed by atoms with van der Waals surface area (Å²) in [6.07, 6.45) is 0. The first kappa shape index (κ1) is 14.2. The molecule has 0 aromatic heterocycles. The summed E-state index contributed by atoms with van der Waals surface area (Å²) in [5.74, 6) is 4.44. The largest absolute Gasteiger partial charge is 0.479 e. The van der Waals surface area contributed by atoms with Crippen molar-refractivity contribution in [1.82, 2.24) is 0 Å². The van der Waals surface area contributed by atoms with Gasteiger partial charge in [0.2, 0.25) is 0 Å². The molecule has 2 heterocycles. The summed E-state index contributed by atoms with van der Waals surface area (Å²) < 4.78 is 0. The highest BCUT2D eigenvalue weighted by Gasteiger charge is 2.52. The van der Waals surface area contributed by atoms with Crippen LogP contribution in [-0.2, 0) is 4.79 Å². The Balaban J connectivity index is 2.14. The lowest BCUT2D eigenvalue weighted by Gasteiger charge is -2.40. The molecule has 7 heteroatoms. The molecule has 2 aliphatic rings. The normalized spacial score (nSPS) is 33.9. The minimum Gasteiger partial charge on any atom is -0.479 e. The lowest BCUT2D eigenvalue weighted by Crippen LogP contribution is -2.58. The molecule has 17 heavy (non-hydrogen) atoms. The molecular weight excluding hydrogens is 296 g/mol. The van der Waals surface area contributed by atoms with Crippen molar-refractivity contribution < 1.29 is 15.0 Å². The molecule has 0 radical (unpaired) electrons. The van der Waals surface area contributed by atoms with Gasteiger partial charge in [0.25, 0.3) is 0 Å². The van der Waals surface area contributed by atoms with Crippen molar-refractivity contribution in [2.45, 2.75) is 16.1 Å². The fraction of sp³-hybridized carbons (Fsp3) is 0.900. The lowest BCUT2D eigenvalue weighted by atomic mass is 9.96. The highest BCUT2D eigenvalue weighted by atomic mass is 32.2. The van der Waals surface area contributed by atoms with Gasteiger partial charge >= 0.3 is 5.97 Å². The van der Waals surface area contributed by atoms with E-state index in [0.717, 1.165) is 34.5 Å². The molecule has 2 fully saturated rings. The van der Waals surface area contributed by atoms with E-state index in [1.165, 1.54) is 0 Å². The fourth-order valence-corrected chi connectivity index (χ4v) is 7.99. The number of thioether (sulfide) groups is 4. The Morgan fingerprint density at radius 2 is 1.47 bits per heavy atom. The zero-order chi connectivity index (χ0) is 12.3. The van der Waals surface area contributed by atoms with Gasteiger partial charge in [-0.2, -0.15) is 47.0 Å². The molecule has 0 spiro atoms. The summed E-state index contributed by atoms with van der Waals surface area (Å²) >= 11 is 6.74. The van der Waals surface area contributed by atoms with Crippen molar-refractivity contribution in [3.8, 4) is 0 Å². The van der Waals surface area contributed by atoms with Crippen molar-refractivity contribution in [2.75, 3.05) is 34.5 Å². The van der Waals surface area contributed by atoms with E-state index in [-0.39, 0.29) is 10.5 Å². The number of carboxylic acid groups (broad SMARTS) is 1. The van der Waals surface area contributed by atoms with Crippen LogP contribution in [0.2, 0.25) is 0 Å². The first-order valence-electron chi connectivity index (χ1n) is 5.50. The van der Waals surface area contributed by atoms with Crippen LogP contribution in [0.4, 0.5) is 0 Å². The van der Waals surface area contributed by atoms with E-state index in [1.54, 1.807) is 47.0 Å². The SMILES string of the molecule is O=C(O)C(O)(C1CSCCS1)C1CSCCS1. The maximum absolute atomic E-state index is 11.5. The van der Waals surface area contributed by atoms with Crippen molar-refractivity contribution in [1.29, 1.82) is 0 Å². The van der Waals surface area contributed by atoms with E-state index in [1.807, 2.05) is 0 Å². The van der Waals surface area contributed by atoms with E-state index in [4.69, 9.17) is 0 Å². The van der Waals surface area contributed by atoms with Crippen LogP contribution in [0.3, 0.4) is 0 Å². The number of carbonyl (C=O) groups is 1. The van der Waals surface area contributed by atoms with Crippen molar-refractivity contribution in [2.24, 2.45) is 0 Å². The first-order chi connectivity index (χ1) is 8.15. The van der Waals surface area contributed by atoms with Crippen LogP contribution in [0.25, 0.3) is 0 Å². The molecule has 2 saturated heterocycles. The van der Waals surface area contributed by atoms with Crippen LogP contribution in [0.15, 0.2) is 0 Å². The van der Waals surface area contributed by atoms with Crippen LogP contribution >= 0.6 is 47.0 Å². The summed E-state index contributed by atoms with van der Waals surface area (Å²) in [5.41, 5.74) is -1.56. The molecule has 3 nitrogen and oxygen atoms in total. The Hall–Kier alpha value is 0.830. The highest BCUT2D eigenvalue weighted by Crippen LogP contribution is 2.41. The Kier molecular flexibility index (Phi) is 5.30. The molecular formula is C10H16O3S4. The monoisotopic (exact) mass is 312 g/mol. The standard InChI is InChI=1S/C10H16O3S4/c11-9(12)10(13,7-5-14-1-3-16-7)8-6-15-2-4-17-8/h7-8,13H,1-6H2,(H,11,12). The number of hydrogen-bond acceptors (Lipinski definition) is 6. The third-order valence-electron chi connectivity index (χ3n) is 2.96. The zero-order valence-electron chi connectivity index (χ0n) is 9.33. The lowest BCUT2D eigenvalue weighted by molar-refractivity contribution is -0.157. The average molecular weight is 313 g/mol. The predicted molar refractivity (Wildman–Crippen MR) is 79.7 cm³/mol. The fourth-order valence-electron chi connectivity index (χ4n) is 1.97. The maximum atomic E-state index is 11.5. The topological polar surface area (TPSA) is 57.5 Å². The average Bonchev–Trinajstić information content (AvgIpc) is 2.39. The van der Waals surface area contributed by atoms with Crippen LogP contribution in [-0.4, -0.2) is 66.8 Å². The molecule has 2 unspecified atom stereocenters. The summed E-state index contributed by atoms with van der Waals surface area (Å²) in [7, 11) is 0. The van der Waals surface area contributed by atoms with Gasteiger partial charge < -0.3 is 10.2 Å². The summed E-state index contributed by atoms with van der Waals surface area (Å²) in [6.45, 7) is 0. The van der Waals surface area contributed by atoms with Crippen molar-refractivity contribution >= 4 is 53.0 Å². The molecule has 0 saturated carbocycles. The second-order valence-corrected chi connectivity index (χ2v) is 8.92. The van der Waals surface area contributed by atoms with Gasteiger partial charge in [-0.25, -0.2) is 4.79 Å². The van der Waals surface area contributed by atoms with Gasteiger partial charge in [0.05, 0.1) is 10.5 Å². The molecule has 0 aromatic rings. The van der Waals surface area contributed by atoms with Crippen LogP contribution < -0.4 is 0 Å². The molecule has 2 N–H and O–H groups in total. The highest BCUT2D eigenvalue weighted by molar-refractivity contribution is 8.07. The van der Waals surface area contributed by atoms with Crippen LogP contribution in [0.1, 0.15) is 0 Å². The van der Waals surface area contributed by atoms with Gasteiger partial charge in [-0.05, 0) is 0 Å². The van der Waals surface area contributed by atoms with E-state index >= 15 is 0 Å². The maximum Gasteiger partial charge on any atom is 0.338 e. The summed E-state index contributed by atoms with van der Waals surface area (Å²) in [5, 5.41) is 19.8. The molecule has 0 bridgehead atoms. The molecule has 0 aliphatic carbocycles. The zero-order valence-corrected chi connectivity index (χ0v) is 12.6. The van der Waals surface area contributed by atoms with Crippen molar-refractivity contribution in [3.63, 3.8) is 0 Å². The number of hydrogen-bond donors (Lipinski definition) is 2. The Labute approximate surface area is 118 Å². The Morgan fingerprint density at radius 3 is 1.76 bits per heavy atom. The van der Waals surface area contributed by atoms with Gasteiger partial charge in [0, 0.05) is 34.5 Å². The second-order valence-electron chi connectivity index (χ2n) is 4.00. The van der Waals surface area contributed by atoms with Gasteiger partial charge in [-0.1, -0.05) is 0 Å². The molecule has 98 valence electrons. The van der Waals surface area contributed by atoms with E-state index in [0.29, 0.717) is 0 Å². The smallest absolute Gasteiger partial charge is 0.338 e. The molecule has 2 rings (SSSR count). The van der Waals surface area contributed by atoms with Gasteiger partial charge in [-0.3, -0.25) is 0 Å². The van der Waals surface area contributed by atoms with E-state index in [9.17, 15) is 15.0 Å². The molecule has 0 amide bonds. The summed E-state index contributed by atoms with van der Waals surface area (Å²) in [6, 6.07) is 0. The number of carboxylic acids is 1. The number of aliphatic carboxylic acids is 1. The summed E-state index contributed by atoms with van der Waals surface area (Å²) in [4.78, 5) is 11.5. The van der Waals surface area contributed by atoms with Crippen LogP contribution in [0.5, 0.6) is 0 Å². The Bertz CT molecular complexity index is 257. The van der Waals surface area contributed by atoms with E-state index in [2.05, 4.69) is 0 Å². The quantitative estimate of drug-likeness (QED) is 0.819. The van der Waals surface area contributed by atoms with Gasteiger partial charge in [-0.15, -0.1) is 0 Å². The predicted octanol–water partition coefficient (Wildman–Crippen LogP) is 1.50. The number of rotatable bonds is 3. The minimum absolute atomic E-state index is 0.171. The third-order valence-corrected chi connectivity index (χ3v) is 8.76. The third kappa shape index (κ3) is 3.05. The number of aliphatic hydroxyl groups is 1. The van der Waals surface area contributed by atoms with Crippen molar-refractivity contribution in [3.05, 3.63) is 0 Å². The molecule has 2 atom stereocenters. The van der Waals surface area contributed by atoms with Crippen LogP contribution in [0, 0.1) is 0 Å². The second kappa shape index (κ2) is 6.32. The minimum atomic E-state index is -1.56. The first-order valence-corrected chi connectivity index (χ1v) is 9.91. The molecule has 0 aromatic carbocycles. The van der Waals surface area contributed by atoms with Gasteiger partial charge in [0.1, 0.15) is 0 Å². The molecule has 2 aliphatic heterocycles. The Morgan fingerprint density at radius 1 is 1.00 bits per heavy atom. The van der Waals surface area contributed by atoms with E-state index < -0.39 is 11.6 Å².